The van der Waals surface area contributed by atoms with Crippen molar-refractivity contribution in [2.45, 2.75) is 0 Å². The van der Waals surface area contributed by atoms with Crippen molar-refractivity contribution in [3.05, 3.63) is 51.6 Å². The molecular weight excluding hydrogens is 317 g/mol. The van der Waals surface area contributed by atoms with E-state index >= 15 is 0 Å². The molecule has 2 aromatic heterocycles. The lowest BCUT2D eigenvalue weighted by atomic mass is 10.3. The van der Waals surface area contributed by atoms with Crippen LogP contribution in [0.3, 0.4) is 0 Å². The lowest BCUT2D eigenvalue weighted by Crippen LogP contribution is -1.83. The summed E-state index contributed by atoms with van der Waals surface area (Å²) in [5, 5.41) is 6.96. The Balaban J connectivity index is 1.81. The average molecular weight is 324 g/mol. The van der Waals surface area contributed by atoms with Gasteiger partial charge < -0.3 is 4.52 Å². The monoisotopic (exact) mass is 323 g/mol. The van der Waals surface area contributed by atoms with Gasteiger partial charge in [-0.25, -0.2) is 0 Å². The lowest BCUT2D eigenvalue weighted by Gasteiger charge is -1.91. The number of halogens is 2. The van der Waals surface area contributed by atoms with E-state index < -0.39 is 0 Å². The first-order chi connectivity index (χ1) is 9.72. The van der Waals surface area contributed by atoms with Gasteiger partial charge >= 0.3 is 0 Å². The molecule has 4 nitrogen and oxygen atoms in total. The molecule has 0 fully saturated rings. The van der Waals surface area contributed by atoms with Crippen LogP contribution in [0.2, 0.25) is 10.0 Å². The average Bonchev–Trinajstić information content (AvgIpc) is 3.06. The fraction of sp³-hybridized carbons (Fsp3) is 0. The molecule has 100 valence electrons. The number of nitrogens with zero attached hydrogens (tertiary/aromatic N) is 3. The van der Waals surface area contributed by atoms with E-state index in [9.17, 15) is 0 Å². The van der Waals surface area contributed by atoms with Gasteiger partial charge in [0.25, 0.3) is 5.89 Å². The summed E-state index contributed by atoms with van der Waals surface area (Å²) in [7, 11) is 0. The number of hydrogen-bond acceptors (Lipinski definition) is 5. The van der Waals surface area contributed by atoms with Crippen molar-refractivity contribution in [1.29, 1.82) is 0 Å². The lowest BCUT2D eigenvalue weighted by molar-refractivity contribution is 0.430. The number of aromatic nitrogens is 2. The van der Waals surface area contributed by atoms with Crippen LogP contribution in [0.25, 0.3) is 10.8 Å². The zero-order chi connectivity index (χ0) is 13.9. The summed E-state index contributed by atoms with van der Waals surface area (Å²) in [6, 6.07) is 8.92. The highest BCUT2D eigenvalue weighted by atomic mass is 35.5. The Hall–Kier alpha value is -1.69. The minimum atomic E-state index is 0.388. The summed E-state index contributed by atoms with van der Waals surface area (Å²) in [5.41, 5.74) is 0.759. The van der Waals surface area contributed by atoms with Crippen molar-refractivity contribution in [1.82, 2.24) is 10.1 Å². The molecule has 2 heterocycles. The summed E-state index contributed by atoms with van der Waals surface area (Å²) in [4.78, 5) is 9.21. The number of aliphatic imine (C=N–C) groups is 1. The summed E-state index contributed by atoms with van der Waals surface area (Å²) in [5.74, 6) is 0.780. The maximum absolute atomic E-state index is 6.01. The van der Waals surface area contributed by atoms with E-state index in [0.29, 0.717) is 21.8 Å². The van der Waals surface area contributed by atoms with Gasteiger partial charge in [0.05, 0.1) is 16.9 Å². The van der Waals surface area contributed by atoms with Gasteiger partial charge in [-0.3, -0.25) is 4.99 Å². The fourth-order valence-corrected chi connectivity index (χ4v) is 2.67. The molecule has 3 aromatic rings. The molecule has 0 amide bonds. The summed E-state index contributed by atoms with van der Waals surface area (Å²) >= 11 is 13.3. The van der Waals surface area contributed by atoms with E-state index in [1.54, 1.807) is 30.3 Å². The SMILES string of the molecule is Clc1ccc(N=Cc2noc(-c3sccc3Cl)n2)cc1. The molecule has 0 N–H and O–H groups in total. The van der Waals surface area contributed by atoms with Gasteiger partial charge in [-0.15, -0.1) is 11.3 Å². The Labute approximate surface area is 128 Å². The molecule has 0 radical (unpaired) electrons. The van der Waals surface area contributed by atoms with Crippen LogP contribution >= 0.6 is 34.5 Å². The Kier molecular flexibility index (Phi) is 3.82. The second-order valence-corrected chi connectivity index (χ2v) is 5.55. The first-order valence-corrected chi connectivity index (χ1v) is 7.22. The van der Waals surface area contributed by atoms with Crippen LogP contribution in [0, 0.1) is 0 Å². The van der Waals surface area contributed by atoms with E-state index in [2.05, 4.69) is 15.1 Å². The third-order valence-electron chi connectivity index (χ3n) is 2.41. The van der Waals surface area contributed by atoms with Crippen molar-refractivity contribution in [2.75, 3.05) is 0 Å². The van der Waals surface area contributed by atoms with Crippen LogP contribution < -0.4 is 0 Å². The van der Waals surface area contributed by atoms with Gasteiger partial charge in [-0.2, -0.15) is 4.98 Å². The summed E-state index contributed by atoms with van der Waals surface area (Å²) in [6.45, 7) is 0. The van der Waals surface area contributed by atoms with Crippen molar-refractivity contribution in [3.63, 3.8) is 0 Å². The second kappa shape index (κ2) is 5.75. The molecular formula is C13H7Cl2N3OS. The number of benzene rings is 1. The molecule has 7 heteroatoms. The molecule has 0 bridgehead atoms. The van der Waals surface area contributed by atoms with Crippen LogP contribution in [-0.4, -0.2) is 16.4 Å². The number of thiophene rings is 1. The highest BCUT2D eigenvalue weighted by Gasteiger charge is 2.12. The minimum absolute atomic E-state index is 0.388. The predicted octanol–water partition coefficient (Wildman–Crippen LogP) is 4.86. The first-order valence-electron chi connectivity index (χ1n) is 5.59. The van der Waals surface area contributed by atoms with Crippen LogP contribution in [0.5, 0.6) is 0 Å². The molecule has 0 spiro atoms. The van der Waals surface area contributed by atoms with Gasteiger partial charge in [0.2, 0.25) is 5.82 Å². The third-order valence-corrected chi connectivity index (χ3v) is 3.99. The van der Waals surface area contributed by atoms with E-state index in [1.807, 2.05) is 5.38 Å². The van der Waals surface area contributed by atoms with Gasteiger partial charge in [-0.1, -0.05) is 28.4 Å². The van der Waals surface area contributed by atoms with Crippen LogP contribution in [0.4, 0.5) is 5.69 Å². The van der Waals surface area contributed by atoms with Crippen molar-refractivity contribution >= 4 is 46.4 Å². The van der Waals surface area contributed by atoms with Gasteiger partial charge in [0.15, 0.2) is 0 Å². The molecule has 0 unspecified atom stereocenters. The van der Waals surface area contributed by atoms with E-state index in [1.165, 1.54) is 17.6 Å². The predicted molar refractivity (Wildman–Crippen MR) is 81.3 cm³/mol. The zero-order valence-corrected chi connectivity index (χ0v) is 12.3. The molecule has 0 saturated carbocycles. The van der Waals surface area contributed by atoms with E-state index in [-0.39, 0.29) is 0 Å². The Morgan fingerprint density at radius 3 is 2.65 bits per heavy atom. The maximum atomic E-state index is 6.01. The number of rotatable bonds is 3. The molecule has 0 aliphatic heterocycles. The Bertz CT molecular complexity index is 749. The third kappa shape index (κ3) is 2.90. The normalized spacial score (nSPS) is 11.3. The highest BCUT2D eigenvalue weighted by molar-refractivity contribution is 7.14. The van der Waals surface area contributed by atoms with Crippen molar-refractivity contribution in [2.24, 2.45) is 4.99 Å². The van der Waals surface area contributed by atoms with Crippen molar-refractivity contribution < 1.29 is 4.52 Å². The minimum Gasteiger partial charge on any atom is -0.333 e. The van der Waals surface area contributed by atoms with Crippen LogP contribution in [0.15, 0.2) is 45.2 Å². The van der Waals surface area contributed by atoms with Gasteiger partial charge in [0.1, 0.15) is 4.88 Å². The molecule has 0 aliphatic carbocycles. The van der Waals surface area contributed by atoms with Gasteiger partial charge in [0, 0.05) is 5.02 Å². The van der Waals surface area contributed by atoms with E-state index in [0.717, 1.165) is 10.6 Å². The Morgan fingerprint density at radius 2 is 1.95 bits per heavy atom. The van der Waals surface area contributed by atoms with Crippen molar-refractivity contribution in [3.8, 4) is 10.8 Å². The van der Waals surface area contributed by atoms with Crippen LogP contribution in [-0.2, 0) is 0 Å². The Morgan fingerprint density at radius 1 is 1.15 bits per heavy atom. The first kappa shape index (κ1) is 13.3. The largest absolute Gasteiger partial charge is 0.333 e. The van der Waals surface area contributed by atoms with Gasteiger partial charge in [-0.05, 0) is 35.7 Å². The fourth-order valence-electron chi connectivity index (χ4n) is 1.49. The standard InChI is InChI=1S/C13H7Cl2N3OS/c14-8-1-3-9(4-2-8)16-7-11-17-13(19-18-11)12-10(15)5-6-20-12/h1-7H. The second-order valence-electron chi connectivity index (χ2n) is 3.79. The topological polar surface area (TPSA) is 51.3 Å². The molecule has 0 saturated heterocycles. The molecule has 20 heavy (non-hydrogen) atoms. The summed E-state index contributed by atoms with van der Waals surface area (Å²) < 4.78 is 5.15. The molecule has 0 atom stereocenters. The van der Waals surface area contributed by atoms with E-state index in [4.69, 9.17) is 27.7 Å². The quantitative estimate of drug-likeness (QED) is 0.647. The highest BCUT2D eigenvalue weighted by Crippen LogP contribution is 2.31. The molecule has 3 rings (SSSR count). The molecule has 1 aromatic carbocycles. The number of hydrogen-bond donors (Lipinski definition) is 0. The molecule has 0 aliphatic rings. The van der Waals surface area contributed by atoms with Crippen LogP contribution in [0.1, 0.15) is 5.82 Å². The zero-order valence-electron chi connectivity index (χ0n) is 9.96. The summed E-state index contributed by atoms with van der Waals surface area (Å²) in [6.07, 6.45) is 1.53. The maximum Gasteiger partial charge on any atom is 0.269 e. The smallest absolute Gasteiger partial charge is 0.269 e.